The van der Waals surface area contributed by atoms with E-state index in [2.05, 4.69) is 5.32 Å². The van der Waals surface area contributed by atoms with Gasteiger partial charge in [0.25, 0.3) is 5.91 Å². The molecule has 2 heterocycles. The Morgan fingerprint density at radius 2 is 2.17 bits per heavy atom. The van der Waals surface area contributed by atoms with Crippen molar-refractivity contribution in [3.05, 3.63) is 23.5 Å². The molecule has 18 heavy (non-hydrogen) atoms. The number of hydrogen-bond acceptors (Lipinski definition) is 3. The van der Waals surface area contributed by atoms with Gasteiger partial charge in [-0.2, -0.15) is 0 Å². The molecule has 0 spiro atoms. The lowest BCUT2D eigenvalue weighted by atomic mass is 10.2. The molecule has 0 aromatic carbocycles. The Balaban J connectivity index is 2.25. The molecule has 1 fully saturated rings. The molecular formula is C13H19N3O2. The summed E-state index contributed by atoms with van der Waals surface area (Å²) in [5, 5.41) is 3.25. The Kier molecular flexibility index (Phi) is 3.52. The highest BCUT2D eigenvalue weighted by molar-refractivity contribution is 5.99. The lowest BCUT2D eigenvalue weighted by Crippen LogP contribution is -2.52. The van der Waals surface area contributed by atoms with E-state index in [1.54, 1.807) is 23.9 Å². The summed E-state index contributed by atoms with van der Waals surface area (Å²) in [7, 11) is 1.80. The maximum absolute atomic E-state index is 12.4. The van der Waals surface area contributed by atoms with Gasteiger partial charge in [-0.25, -0.2) is 0 Å². The van der Waals surface area contributed by atoms with Crippen LogP contribution in [0, 0.1) is 0 Å². The number of aryl methyl sites for hydroxylation is 1. The smallest absolute Gasteiger partial charge is 0.270 e. The van der Waals surface area contributed by atoms with Gasteiger partial charge in [0, 0.05) is 44.5 Å². The molecule has 5 nitrogen and oxygen atoms in total. The number of hydrogen-bond donors (Lipinski definition) is 1. The second-order valence-electron chi connectivity index (χ2n) is 4.83. The predicted octanol–water partition coefficient (Wildman–Crippen LogP) is 0.662. The number of carbonyl (C=O) groups excluding carboxylic acids is 2. The molecule has 1 saturated heterocycles. The van der Waals surface area contributed by atoms with E-state index in [0.29, 0.717) is 17.8 Å². The van der Waals surface area contributed by atoms with Crippen LogP contribution in [0.25, 0.3) is 0 Å². The van der Waals surface area contributed by atoms with E-state index in [0.717, 1.165) is 13.1 Å². The summed E-state index contributed by atoms with van der Waals surface area (Å²) in [4.78, 5) is 25.6. The molecular weight excluding hydrogens is 230 g/mol. The minimum Gasteiger partial charge on any atom is -0.346 e. The second kappa shape index (κ2) is 4.94. The molecule has 2 rings (SSSR count). The molecule has 5 heteroatoms. The van der Waals surface area contributed by atoms with Crippen LogP contribution in [-0.2, 0) is 7.05 Å². The Morgan fingerprint density at radius 1 is 1.44 bits per heavy atom. The topological polar surface area (TPSA) is 54.3 Å². The van der Waals surface area contributed by atoms with Crippen LogP contribution in [-0.4, -0.2) is 46.8 Å². The first-order valence-electron chi connectivity index (χ1n) is 6.19. The summed E-state index contributed by atoms with van der Waals surface area (Å²) >= 11 is 0. The maximum atomic E-state index is 12.4. The number of aromatic nitrogens is 1. The molecule has 1 aromatic heterocycles. The van der Waals surface area contributed by atoms with E-state index in [4.69, 9.17) is 0 Å². The van der Waals surface area contributed by atoms with E-state index in [1.807, 2.05) is 11.8 Å². The number of nitrogens with one attached hydrogen (secondary N) is 1. The Labute approximate surface area is 107 Å². The Bertz CT molecular complexity index is 479. The minimum atomic E-state index is -0.0157. The van der Waals surface area contributed by atoms with Crippen LogP contribution in [0.3, 0.4) is 0 Å². The lowest BCUT2D eigenvalue weighted by Gasteiger charge is -2.34. The van der Waals surface area contributed by atoms with Gasteiger partial charge < -0.3 is 14.8 Å². The molecule has 1 aliphatic heterocycles. The zero-order valence-electron chi connectivity index (χ0n) is 11.1. The number of piperazine rings is 1. The number of nitrogens with zero attached hydrogens (tertiary/aromatic N) is 2. The first-order valence-corrected chi connectivity index (χ1v) is 6.19. The summed E-state index contributed by atoms with van der Waals surface area (Å²) < 4.78 is 1.73. The van der Waals surface area contributed by atoms with Gasteiger partial charge in [0.15, 0.2) is 5.78 Å². The van der Waals surface area contributed by atoms with E-state index in [9.17, 15) is 9.59 Å². The second-order valence-corrected chi connectivity index (χ2v) is 4.83. The van der Waals surface area contributed by atoms with Crippen molar-refractivity contribution < 1.29 is 9.59 Å². The maximum Gasteiger partial charge on any atom is 0.270 e. The largest absolute Gasteiger partial charge is 0.346 e. The normalized spacial score (nSPS) is 19.9. The molecule has 1 aromatic rings. The average molecular weight is 249 g/mol. The van der Waals surface area contributed by atoms with Crippen molar-refractivity contribution in [2.45, 2.75) is 19.9 Å². The van der Waals surface area contributed by atoms with Crippen molar-refractivity contribution in [2.24, 2.45) is 7.05 Å². The highest BCUT2D eigenvalue weighted by atomic mass is 16.2. The third-order valence-electron chi connectivity index (χ3n) is 3.39. The Morgan fingerprint density at radius 3 is 2.72 bits per heavy atom. The molecule has 0 radical (unpaired) electrons. The fourth-order valence-corrected chi connectivity index (χ4v) is 2.26. The van der Waals surface area contributed by atoms with Crippen LogP contribution in [0.2, 0.25) is 0 Å². The third kappa shape index (κ3) is 2.31. The summed E-state index contributed by atoms with van der Waals surface area (Å²) in [6.07, 6.45) is 1.71. The molecule has 1 amide bonds. The standard InChI is InChI=1S/C13H19N3O2/c1-9-7-14-4-5-16(9)13(18)12-6-11(10(2)17)8-15(12)3/h6,8-9,14H,4-5,7H2,1-3H3. The summed E-state index contributed by atoms with van der Waals surface area (Å²) in [5.41, 5.74) is 1.16. The average Bonchev–Trinajstić information content (AvgIpc) is 2.71. The third-order valence-corrected chi connectivity index (χ3v) is 3.39. The van der Waals surface area contributed by atoms with Crippen molar-refractivity contribution in [1.29, 1.82) is 0 Å². The lowest BCUT2D eigenvalue weighted by molar-refractivity contribution is 0.0646. The monoisotopic (exact) mass is 249 g/mol. The zero-order chi connectivity index (χ0) is 13.3. The van der Waals surface area contributed by atoms with Crippen molar-refractivity contribution >= 4 is 11.7 Å². The van der Waals surface area contributed by atoms with Crippen LogP contribution in [0.15, 0.2) is 12.3 Å². The van der Waals surface area contributed by atoms with Gasteiger partial charge in [-0.05, 0) is 19.9 Å². The molecule has 98 valence electrons. The molecule has 1 unspecified atom stereocenters. The molecule has 0 saturated carbocycles. The number of carbonyl (C=O) groups is 2. The number of ketones is 1. The van der Waals surface area contributed by atoms with Gasteiger partial charge in [-0.1, -0.05) is 0 Å². The van der Waals surface area contributed by atoms with E-state index >= 15 is 0 Å². The molecule has 1 atom stereocenters. The summed E-state index contributed by atoms with van der Waals surface area (Å²) in [6, 6.07) is 1.86. The summed E-state index contributed by atoms with van der Waals surface area (Å²) in [6.45, 7) is 5.88. The predicted molar refractivity (Wildman–Crippen MR) is 68.8 cm³/mol. The van der Waals surface area contributed by atoms with Crippen LogP contribution >= 0.6 is 0 Å². The molecule has 1 aliphatic rings. The van der Waals surface area contributed by atoms with Gasteiger partial charge in [-0.3, -0.25) is 9.59 Å². The Hall–Kier alpha value is -1.62. The van der Waals surface area contributed by atoms with Gasteiger partial charge >= 0.3 is 0 Å². The molecule has 1 N–H and O–H groups in total. The van der Waals surface area contributed by atoms with Gasteiger partial charge in [-0.15, -0.1) is 0 Å². The fourth-order valence-electron chi connectivity index (χ4n) is 2.26. The van der Waals surface area contributed by atoms with Crippen LogP contribution < -0.4 is 5.32 Å². The highest BCUT2D eigenvalue weighted by Gasteiger charge is 2.26. The van der Waals surface area contributed by atoms with Gasteiger partial charge in [0.05, 0.1) is 0 Å². The van der Waals surface area contributed by atoms with Crippen LogP contribution in [0.5, 0.6) is 0 Å². The zero-order valence-corrected chi connectivity index (χ0v) is 11.1. The number of amides is 1. The number of Topliss-reactive ketones (excluding diaryl/α,β-unsaturated/α-hetero) is 1. The first kappa shape index (κ1) is 12.8. The van der Waals surface area contributed by atoms with Crippen LogP contribution in [0.1, 0.15) is 34.7 Å². The SMILES string of the molecule is CC(=O)c1cc(C(=O)N2CCNCC2C)n(C)c1. The van der Waals surface area contributed by atoms with Crippen molar-refractivity contribution in [3.8, 4) is 0 Å². The van der Waals surface area contributed by atoms with Crippen molar-refractivity contribution in [2.75, 3.05) is 19.6 Å². The quantitative estimate of drug-likeness (QED) is 0.783. The van der Waals surface area contributed by atoms with Gasteiger partial charge in [0.2, 0.25) is 0 Å². The highest BCUT2D eigenvalue weighted by Crippen LogP contribution is 2.13. The molecule has 0 bridgehead atoms. The first-order chi connectivity index (χ1) is 8.50. The van der Waals surface area contributed by atoms with Crippen molar-refractivity contribution in [3.63, 3.8) is 0 Å². The number of rotatable bonds is 2. The fraction of sp³-hybridized carbons (Fsp3) is 0.538. The summed E-state index contributed by atoms with van der Waals surface area (Å²) in [5.74, 6) is -0.0167. The van der Waals surface area contributed by atoms with Crippen LogP contribution in [0.4, 0.5) is 0 Å². The van der Waals surface area contributed by atoms with E-state index in [1.165, 1.54) is 6.92 Å². The van der Waals surface area contributed by atoms with Crippen molar-refractivity contribution in [1.82, 2.24) is 14.8 Å². The minimum absolute atomic E-state index is 0.000926. The molecule has 0 aliphatic carbocycles. The van der Waals surface area contributed by atoms with E-state index in [-0.39, 0.29) is 17.7 Å². The van der Waals surface area contributed by atoms with E-state index < -0.39 is 0 Å². The van der Waals surface area contributed by atoms with Gasteiger partial charge in [0.1, 0.15) is 5.69 Å².